The van der Waals surface area contributed by atoms with Gasteiger partial charge in [0.05, 0.1) is 5.75 Å². The molecule has 0 bridgehead atoms. The summed E-state index contributed by atoms with van der Waals surface area (Å²) < 4.78 is 23.1. The zero-order valence-corrected chi connectivity index (χ0v) is 12.7. The lowest BCUT2D eigenvalue weighted by Crippen LogP contribution is -2.54. The smallest absolute Gasteiger partial charge is 0.151 e. The molecule has 6 heteroatoms. The number of hydrogen-bond acceptors (Lipinski definition) is 5. The summed E-state index contributed by atoms with van der Waals surface area (Å²) in [6.07, 6.45) is 0.707. The second-order valence-corrected chi connectivity index (χ2v) is 7.56. The molecule has 0 aromatic heterocycles. The van der Waals surface area contributed by atoms with Gasteiger partial charge in [-0.3, -0.25) is 4.90 Å². The number of nitrogens with zero attached hydrogens (tertiary/aromatic N) is 2. The maximum absolute atomic E-state index is 11.5. The van der Waals surface area contributed by atoms with Crippen molar-refractivity contribution < 1.29 is 8.42 Å². The minimum absolute atomic E-state index is 0.257. The fourth-order valence-electron chi connectivity index (χ4n) is 2.23. The Labute approximate surface area is 111 Å². The maximum Gasteiger partial charge on any atom is 0.151 e. The number of likely N-dealkylation sites (N-methyl/N-ethyl adjacent to an activating group) is 2. The Balaban J connectivity index is 2.21. The van der Waals surface area contributed by atoms with Crippen LogP contribution in [-0.2, 0) is 9.84 Å². The summed E-state index contributed by atoms with van der Waals surface area (Å²) in [5.74, 6) is 0.563. The topological polar surface area (TPSA) is 52.7 Å². The first-order chi connectivity index (χ1) is 8.44. The highest BCUT2D eigenvalue weighted by Gasteiger charge is 2.21. The quantitative estimate of drug-likeness (QED) is 0.645. The van der Waals surface area contributed by atoms with Crippen LogP contribution in [0.5, 0.6) is 0 Å². The third-order valence-corrected chi connectivity index (χ3v) is 5.32. The molecule has 0 aliphatic carbocycles. The Bertz CT molecular complexity index is 332. The van der Waals surface area contributed by atoms with Crippen LogP contribution in [0, 0.1) is 0 Å². The van der Waals surface area contributed by atoms with Gasteiger partial charge in [0.2, 0.25) is 0 Å². The van der Waals surface area contributed by atoms with Gasteiger partial charge in [0, 0.05) is 44.5 Å². The molecule has 1 aliphatic heterocycles. The van der Waals surface area contributed by atoms with E-state index < -0.39 is 9.84 Å². The van der Waals surface area contributed by atoms with Gasteiger partial charge >= 0.3 is 0 Å². The van der Waals surface area contributed by atoms with Crippen molar-refractivity contribution in [2.24, 2.45) is 0 Å². The third kappa shape index (κ3) is 5.65. The van der Waals surface area contributed by atoms with Gasteiger partial charge in [0.15, 0.2) is 9.84 Å². The van der Waals surface area contributed by atoms with E-state index in [0.717, 1.165) is 26.2 Å². The maximum atomic E-state index is 11.5. The monoisotopic (exact) mass is 277 g/mol. The van der Waals surface area contributed by atoms with Crippen LogP contribution in [0.2, 0.25) is 0 Å². The van der Waals surface area contributed by atoms with Crippen LogP contribution in [0.15, 0.2) is 0 Å². The average Bonchev–Trinajstić information content (AvgIpc) is 2.29. The molecule has 1 heterocycles. The number of rotatable bonds is 7. The Kier molecular flexibility index (Phi) is 6.55. The van der Waals surface area contributed by atoms with Crippen molar-refractivity contribution in [3.05, 3.63) is 0 Å². The molecule has 0 spiro atoms. The van der Waals surface area contributed by atoms with Gasteiger partial charge in [-0.15, -0.1) is 0 Å². The lowest BCUT2D eigenvalue weighted by atomic mass is 10.2. The second-order valence-electron chi connectivity index (χ2n) is 5.25. The molecular weight excluding hydrogens is 250 g/mol. The highest BCUT2D eigenvalue weighted by molar-refractivity contribution is 7.91. The van der Waals surface area contributed by atoms with E-state index >= 15 is 0 Å². The van der Waals surface area contributed by atoms with Crippen molar-refractivity contribution in [2.75, 3.05) is 58.3 Å². The summed E-state index contributed by atoms with van der Waals surface area (Å²) >= 11 is 0. The van der Waals surface area contributed by atoms with Gasteiger partial charge in [-0.2, -0.15) is 0 Å². The van der Waals surface area contributed by atoms with Crippen LogP contribution >= 0.6 is 0 Å². The Morgan fingerprint density at radius 1 is 1.22 bits per heavy atom. The summed E-state index contributed by atoms with van der Waals surface area (Å²) in [5.41, 5.74) is 0. The van der Waals surface area contributed by atoms with E-state index in [0.29, 0.717) is 24.8 Å². The fraction of sp³-hybridized carbons (Fsp3) is 1.00. The largest absolute Gasteiger partial charge is 0.314 e. The normalized spacial score (nSPS) is 23.4. The van der Waals surface area contributed by atoms with Crippen LogP contribution in [0.4, 0.5) is 0 Å². The van der Waals surface area contributed by atoms with Crippen molar-refractivity contribution in [2.45, 2.75) is 19.4 Å². The zero-order valence-electron chi connectivity index (χ0n) is 11.9. The SMILES string of the molecule is CCCS(=O)(=O)CCNCC1CN(C)CCN1C. The third-order valence-electron chi connectivity index (χ3n) is 3.47. The molecule has 5 nitrogen and oxygen atoms in total. The molecule has 1 aliphatic rings. The summed E-state index contributed by atoms with van der Waals surface area (Å²) in [6, 6.07) is 0.484. The van der Waals surface area contributed by atoms with Crippen LogP contribution < -0.4 is 5.32 Å². The number of nitrogens with one attached hydrogen (secondary N) is 1. The van der Waals surface area contributed by atoms with E-state index in [9.17, 15) is 8.42 Å². The fourth-order valence-corrected chi connectivity index (χ4v) is 3.51. The van der Waals surface area contributed by atoms with Gasteiger partial charge in [0.25, 0.3) is 0 Å². The van der Waals surface area contributed by atoms with E-state index in [1.54, 1.807) is 0 Å². The van der Waals surface area contributed by atoms with Crippen molar-refractivity contribution in [1.29, 1.82) is 0 Å². The molecule has 1 unspecified atom stereocenters. The Morgan fingerprint density at radius 3 is 2.61 bits per heavy atom. The van der Waals surface area contributed by atoms with Crippen molar-refractivity contribution >= 4 is 9.84 Å². The lowest BCUT2D eigenvalue weighted by Gasteiger charge is -2.37. The molecule has 1 atom stereocenters. The van der Waals surface area contributed by atoms with Crippen LogP contribution in [0.25, 0.3) is 0 Å². The predicted octanol–water partition coefficient (Wildman–Crippen LogP) is -0.353. The highest BCUT2D eigenvalue weighted by atomic mass is 32.2. The Morgan fingerprint density at radius 2 is 1.94 bits per heavy atom. The van der Waals surface area contributed by atoms with Crippen molar-refractivity contribution in [3.63, 3.8) is 0 Å². The Hall–Kier alpha value is -0.170. The molecular formula is C12H27N3O2S. The molecule has 1 N–H and O–H groups in total. The first-order valence-electron chi connectivity index (χ1n) is 6.74. The summed E-state index contributed by atoms with van der Waals surface area (Å²) in [7, 11) is 1.42. The standard InChI is InChI=1S/C12H27N3O2S/c1-4-8-18(16,17)9-5-13-10-12-11-14(2)6-7-15(12)3/h12-13H,4-11H2,1-3H3. The molecule has 0 amide bonds. The minimum atomic E-state index is -2.85. The predicted molar refractivity (Wildman–Crippen MR) is 75.7 cm³/mol. The first kappa shape index (κ1) is 15.9. The molecule has 18 heavy (non-hydrogen) atoms. The number of sulfone groups is 1. The van der Waals surface area contributed by atoms with E-state index in [2.05, 4.69) is 29.2 Å². The minimum Gasteiger partial charge on any atom is -0.314 e. The summed E-state index contributed by atoms with van der Waals surface area (Å²) in [6.45, 7) is 6.57. The summed E-state index contributed by atoms with van der Waals surface area (Å²) in [4.78, 5) is 4.66. The molecule has 0 aromatic rings. The van der Waals surface area contributed by atoms with Crippen LogP contribution in [-0.4, -0.2) is 82.6 Å². The van der Waals surface area contributed by atoms with Crippen molar-refractivity contribution in [3.8, 4) is 0 Å². The van der Waals surface area contributed by atoms with Gasteiger partial charge in [-0.25, -0.2) is 8.42 Å². The van der Waals surface area contributed by atoms with Crippen molar-refractivity contribution in [1.82, 2.24) is 15.1 Å². The van der Waals surface area contributed by atoms with E-state index in [4.69, 9.17) is 0 Å². The average molecular weight is 277 g/mol. The zero-order chi connectivity index (χ0) is 13.6. The van der Waals surface area contributed by atoms with Gasteiger partial charge in [-0.05, 0) is 20.5 Å². The van der Waals surface area contributed by atoms with Crippen LogP contribution in [0.3, 0.4) is 0 Å². The number of piperazine rings is 1. The first-order valence-corrected chi connectivity index (χ1v) is 8.56. The van der Waals surface area contributed by atoms with Gasteiger partial charge in [-0.1, -0.05) is 6.92 Å². The van der Waals surface area contributed by atoms with Gasteiger partial charge < -0.3 is 10.2 Å². The molecule has 1 fully saturated rings. The summed E-state index contributed by atoms with van der Waals surface area (Å²) in [5, 5.41) is 3.27. The molecule has 0 saturated carbocycles. The van der Waals surface area contributed by atoms with E-state index in [1.165, 1.54) is 0 Å². The van der Waals surface area contributed by atoms with Gasteiger partial charge in [0.1, 0.15) is 0 Å². The van der Waals surface area contributed by atoms with E-state index in [-0.39, 0.29) is 5.75 Å². The molecule has 0 aromatic carbocycles. The molecule has 1 saturated heterocycles. The van der Waals surface area contributed by atoms with E-state index in [1.807, 2.05) is 6.92 Å². The lowest BCUT2D eigenvalue weighted by molar-refractivity contribution is 0.114. The van der Waals surface area contributed by atoms with Crippen LogP contribution in [0.1, 0.15) is 13.3 Å². The highest BCUT2D eigenvalue weighted by Crippen LogP contribution is 2.04. The molecule has 0 radical (unpaired) electrons. The molecule has 1 rings (SSSR count). The number of hydrogen-bond donors (Lipinski definition) is 1. The second kappa shape index (κ2) is 7.43. The molecule has 108 valence electrons.